The molecule has 5 rings (SSSR count). The van der Waals surface area contributed by atoms with Crippen molar-refractivity contribution in [2.75, 3.05) is 6.54 Å². The number of rotatable bonds is 8. The molecule has 3 atom stereocenters. The van der Waals surface area contributed by atoms with Gasteiger partial charge in [0.2, 0.25) is 15.9 Å². The minimum absolute atomic E-state index is 0.0522. The van der Waals surface area contributed by atoms with Gasteiger partial charge in [-0.25, -0.2) is 12.8 Å². The van der Waals surface area contributed by atoms with Crippen molar-refractivity contribution in [1.29, 1.82) is 0 Å². The van der Waals surface area contributed by atoms with Crippen LogP contribution in [0.5, 0.6) is 5.75 Å². The van der Waals surface area contributed by atoms with E-state index in [0.29, 0.717) is 16.9 Å². The molecular weight excluding hydrogens is 524 g/mol. The minimum Gasteiger partial charge on any atom is -0.489 e. The maximum Gasteiger partial charge on any atom is 0.416 e. The van der Waals surface area contributed by atoms with Crippen molar-refractivity contribution >= 4 is 15.9 Å². The van der Waals surface area contributed by atoms with Crippen LogP contribution in [0.1, 0.15) is 23.1 Å². The summed E-state index contributed by atoms with van der Waals surface area (Å²) in [5.74, 6) is -0.406. The summed E-state index contributed by atoms with van der Waals surface area (Å²) in [4.78, 5) is 13.0. The van der Waals surface area contributed by atoms with Crippen molar-refractivity contribution < 1.29 is 35.5 Å². The Labute approximate surface area is 217 Å². The molecule has 0 spiro atoms. The molecule has 0 bridgehead atoms. The van der Waals surface area contributed by atoms with Gasteiger partial charge in [0.15, 0.2) is 0 Å². The maximum atomic E-state index is 13.3. The Morgan fingerprint density at radius 1 is 1.00 bits per heavy atom. The van der Waals surface area contributed by atoms with Crippen LogP contribution >= 0.6 is 0 Å². The lowest BCUT2D eigenvalue weighted by molar-refractivity contribution is -0.137. The number of nitrogens with one attached hydrogen (secondary N) is 1. The van der Waals surface area contributed by atoms with Gasteiger partial charge in [0.05, 0.1) is 10.5 Å². The fourth-order valence-electron chi connectivity index (χ4n) is 4.74. The highest BCUT2D eigenvalue weighted by molar-refractivity contribution is 7.89. The predicted octanol–water partition coefficient (Wildman–Crippen LogP) is 4.75. The van der Waals surface area contributed by atoms with Gasteiger partial charge < -0.3 is 10.1 Å². The van der Waals surface area contributed by atoms with E-state index in [1.54, 1.807) is 24.3 Å². The zero-order valence-electron chi connectivity index (χ0n) is 20.0. The van der Waals surface area contributed by atoms with Crippen molar-refractivity contribution in [2.45, 2.75) is 36.7 Å². The normalized spacial score (nSPS) is 21.1. The van der Waals surface area contributed by atoms with E-state index in [-0.39, 0.29) is 36.4 Å². The number of benzene rings is 3. The summed E-state index contributed by atoms with van der Waals surface area (Å²) in [6.07, 6.45) is -3.62. The first kappa shape index (κ1) is 26.2. The number of carbonyl (C=O) groups is 1. The van der Waals surface area contributed by atoms with Gasteiger partial charge in [-0.05, 0) is 77.9 Å². The highest BCUT2D eigenvalue weighted by Crippen LogP contribution is 2.51. The monoisotopic (exact) mass is 548 g/mol. The summed E-state index contributed by atoms with van der Waals surface area (Å²) >= 11 is 0. The highest BCUT2D eigenvalue weighted by Gasteiger charge is 2.58. The molecule has 1 aliphatic heterocycles. The van der Waals surface area contributed by atoms with Gasteiger partial charge in [0.25, 0.3) is 0 Å². The zero-order chi connectivity index (χ0) is 27.1. The summed E-state index contributed by atoms with van der Waals surface area (Å²) < 4.78 is 84.7. The fourth-order valence-corrected chi connectivity index (χ4v) is 6.43. The summed E-state index contributed by atoms with van der Waals surface area (Å²) in [7, 11) is -3.96. The molecule has 1 N–H and O–H groups in total. The average molecular weight is 549 g/mol. The number of sulfonamides is 1. The molecule has 0 aromatic heterocycles. The molecule has 1 saturated carbocycles. The van der Waals surface area contributed by atoms with Crippen LogP contribution in [0.25, 0.3) is 0 Å². The van der Waals surface area contributed by atoms with Gasteiger partial charge >= 0.3 is 6.18 Å². The molecule has 3 aromatic carbocycles. The number of carbonyl (C=O) groups excluding carboxylic acids is 1. The molecule has 0 unspecified atom stereocenters. The quantitative estimate of drug-likeness (QED) is 0.413. The fraction of sp³-hybridized carbons (Fsp3) is 0.296. The standard InChI is InChI=1S/C27H24F4N2O4S/c28-21-8-10-23(11-9-21)38(35,36)33-15-19-13-24(19)25(33)26(34)32-14-18-2-1-3-22(12-18)37-16-17-4-6-20(7-5-17)27(29,30)31/h1-12,19,24-25H,13-16H2,(H,32,34)/t19-,24-,25-/m0/s1. The number of hydrogen-bond acceptors (Lipinski definition) is 4. The second kappa shape index (κ2) is 10.0. The molecule has 6 nitrogen and oxygen atoms in total. The lowest BCUT2D eigenvalue weighted by Crippen LogP contribution is -2.48. The summed E-state index contributed by atoms with van der Waals surface area (Å²) in [5.41, 5.74) is 0.545. The Bertz CT molecular complexity index is 1430. The van der Waals surface area contributed by atoms with E-state index in [0.717, 1.165) is 30.7 Å². The molecular formula is C27H24F4N2O4S. The number of piperidine rings is 1. The molecule has 1 amide bonds. The van der Waals surface area contributed by atoms with E-state index in [1.807, 2.05) is 0 Å². The number of hydrogen-bond donors (Lipinski definition) is 1. The van der Waals surface area contributed by atoms with Gasteiger partial charge in [-0.1, -0.05) is 24.3 Å². The van der Waals surface area contributed by atoms with Crippen LogP contribution in [-0.2, 0) is 34.1 Å². The van der Waals surface area contributed by atoms with E-state index >= 15 is 0 Å². The van der Waals surface area contributed by atoms with E-state index < -0.39 is 39.5 Å². The predicted molar refractivity (Wildman–Crippen MR) is 130 cm³/mol. The lowest BCUT2D eigenvalue weighted by Gasteiger charge is -2.26. The minimum atomic E-state index is -4.40. The topological polar surface area (TPSA) is 75.7 Å². The molecule has 1 saturated heterocycles. The van der Waals surface area contributed by atoms with Crippen molar-refractivity contribution in [3.63, 3.8) is 0 Å². The SMILES string of the molecule is O=C(NCc1cccc(OCc2ccc(C(F)(F)F)cc2)c1)[C@@H]1[C@H]2C[C@H]2CN1S(=O)(=O)c1ccc(F)cc1. The molecule has 1 heterocycles. The van der Waals surface area contributed by atoms with E-state index in [4.69, 9.17) is 4.74 Å². The molecule has 3 aromatic rings. The molecule has 1 aliphatic carbocycles. The van der Waals surface area contributed by atoms with Crippen molar-refractivity contribution in [2.24, 2.45) is 11.8 Å². The number of halogens is 4. The Morgan fingerprint density at radius 2 is 1.71 bits per heavy atom. The third kappa shape index (κ3) is 5.53. The first-order valence-electron chi connectivity index (χ1n) is 12.0. The summed E-state index contributed by atoms with van der Waals surface area (Å²) in [6, 6.07) is 15.3. The largest absolute Gasteiger partial charge is 0.489 e. The molecule has 2 aliphatic rings. The van der Waals surface area contributed by atoms with Gasteiger partial charge in [-0.2, -0.15) is 17.5 Å². The van der Waals surface area contributed by atoms with Crippen LogP contribution < -0.4 is 10.1 Å². The summed E-state index contributed by atoms with van der Waals surface area (Å²) in [6.45, 7) is 0.444. The lowest BCUT2D eigenvalue weighted by atomic mass is 10.1. The number of fused-ring (bicyclic) bond motifs is 1. The molecule has 11 heteroatoms. The van der Waals surface area contributed by atoms with E-state index in [1.165, 1.54) is 28.6 Å². The van der Waals surface area contributed by atoms with Crippen LogP contribution in [0, 0.1) is 17.7 Å². The van der Waals surface area contributed by atoms with Crippen molar-refractivity contribution in [3.8, 4) is 5.75 Å². The van der Waals surface area contributed by atoms with Gasteiger partial charge in [-0.15, -0.1) is 0 Å². The number of alkyl halides is 3. The molecule has 200 valence electrons. The first-order chi connectivity index (χ1) is 18.0. The maximum absolute atomic E-state index is 13.3. The van der Waals surface area contributed by atoms with Crippen molar-refractivity contribution in [3.05, 3.63) is 95.3 Å². The highest BCUT2D eigenvalue weighted by atomic mass is 32.2. The Balaban J connectivity index is 1.20. The number of ether oxygens (including phenoxy) is 1. The Kier molecular flexibility index (Phi) is 6.91. The smallest absolute Gasteiger partial charge is 0.416 e. The number of nitrogens with zero attached hydrogens (tertiary/aromatic N) is 1. The Hall–Kier alpha value is -3.44. The van der Waals surface area contributed by atoms with Crippen LogP contribution in [0.2, 0.25) is 0 Å². The van der Waals surface area contributed by atoms with Gasteiger partial charge in [0, 0.05) is 13.1 Å². The first-order valence-corrected chi connectivity index (χ1v) is 13.4. The van der Waals surface area contributed by atoms with Crippen LogP contribution in [0.15, 0.2) is 77.7 Å². The molecule has 0 radical (unpaired) electrons. The van der Waals surface area contributed by atoms with Crippen LogP contribution in [0.3, 0.4) is 0 Å². The second-order valence-corrected chi connectivity index (χ2v) is 11.4. The molecule has 2 fully saturated rings. The third-order valence-electron chi connectivity index (χ3n) is 6.85. The second-order valence-electron chi connectivity index (χ2n) is 9.48. The van der Waals surface area contributed by atoms with Gasteiger partial charge in [-0.3, -0.25) is 4.79 Å². The Morgan fingerprint density at radius 3 is 2.39 bits per heavy atom. The summed E-state index contributed by atoms with van der Waals surface area (Å²) in [5, 5.41) is 2.81. The average Bonchev–Trinajstić information content (AvgIpc) is 3.55. The number of amides is 1. The van der Waals surface area contributed by atoms with E-state index in [9.17, 15) is 30.8 Å². The zero-order valence-corrected chi connectivity index (χ0v) is 20.8. The van der Waals surface area contributed by atoms with Gasteiger partial charge in [0.1, 0.15) is 24.2 Å². The molecule has 38 heavy (non-hydrogen) atoms. The van der Waals surface area contributed by atoms with Crippen molar-refractivity contribution in [1.82, 2.24) is 9.62 Å². The third-order valence-corrected chi connectivity index (χ3v) is 8.71. The van der Waals surface area contributed by atoms with Crippen LogP contribution in [-0.4, -0.2) is 31.2 Å². The van der Waals surface area contributed by atoms with Crippen LogP contribution in [0.4, 0.5) is 17.6 Å². The van der Waals surface area contributed by atoms with E-state index in [2.05, 4.69) is 5.32 Å².